The highest BCUT2D eigenvalue weighted by Crippen LogP contribution is 2.33. The molecule has 0 bridgehead atoms. The van der Waals surface area contributed by atoms with Crippen LogP contribution in [0.3, 0.4) is 0 Å². The highest BCUT2D eigenvalue weighted by molar-refractivity contribution is 6.30. The molecule has 1 unspecified atom stereocenters. The summed E-state index contributed by atoms with van der Waals surface area (Å²) in [6, 6.07) is 31.8. The number of nitrogens with one attached hydrogen (secondary N) is 1. The fourth-order valence-electron chi connectivity index (χ4n) is 4.68. The van der Waals surface area contributed by atoms with E-state index in [0.717, 1.165) is 0 Å². The zero-order chi connectivity index (χ0) is 31.5. The van der Waals surface area contributed by atoms with Gasteiger partial charge in [-0.25, -0.2) is 0 Å². The van der Waals surface area contributed by atoms with Crippen molar-refractivity contribution in [3.05, 3.63) is 125 Å². The lowest BCUT2D eigenvalue weighted by Crippen LogP contribution is -2.28. The van der Waals surface area contributed by atoms with Crippen LogP contribution >= 0.6 is 23.2 Å². The van der Waals surface area contributed by atoms with Crippen molar-refractivity contribution in [2.24, 2.45) is 0 Å². The number of alkyl halides is 1. The number of carbonyl (C=O) groups is 3. The first-order chi connectivity index (χ1) is 21.2. The number of amides is 1. The van der Waals surface area contributed by atoms with Gasteiger partial charge in [-0.15, -0.1) is 11.6 Å². The largest absolute Gasteiger partial charge is 0.457 e. The van der Waals surface area contributed by atoms with Gasteiger partial charge in [0.05, 0.1) is 0 Å². The Hall–Kier alpha value is -4.13. The molecular formula is C36H35Cl2NO5. The van der Waals surface area contributed by atoms with Crippen LogP contribution in [0.15, 0.2) is 103 Å². The summed E-state index contributed by atoms with van der Waals surface area (Å²) < 4.78 is 11.4. The molecule has 0 radical (unpaired) electrons. The summed E-state index contributed by atoms with van der Waals surface area (Å²) in [5.41, 5.74) is 3.28. The lowest BCUT2D eigenvalue weighted by molar-refractivity contribution is -0.147. The van der Waals surface area contributed by atoms with E-state index >= 15 is 0 Å². The topological polar surface area (TPSA) is 81.7 Å². The van der Waals surface area contributed by atoms with Gasteiger partial charge in [-0.1, -0.05) is 67.9 Å². The summed E-state index contributed by atoms with van der Waals surface area (Å²) in [5.74, 6) is 0.365. The first-order valence-corrected chi connectivity index (χ1v) is 15.4. The average molecular weight is 633 g/mol. The van der Waals surface area contributed by atoms with Gasteiger partial charge in [0.2, 0.25) is 11.7 Å². The molecule has 1 amide bonds. The van der Waals surface area contributed by atoms with Crippen LogP contribution in [0.1, 0.15) is 61.0 Å². The molecule has 1 atom stereocenters. The van der Waals surface area contributed by atoms with E-state index in [4.69, 9.17) is 32.7 Å². The molecule has 0 aromatic heterocycles. The fourth-order valence-corrected chi connectivity index (χ4v) is 5.00. The first-order valence-electron chi connectivity index (χ1n) is 14.4. The Morgan fingerprint density at radius 1 is 0.773 bits per heavy atom. The maximum Gasteiger partial charge on any atom is 0.306 e. The highest BCUT2D eigenvalue weighted by atomic mass is 35.5. The molecule has 4 rings (SSSR count). The van der Waals surface area contributed by atoms with Gasteiger partial charge in [-0.2, -0.15) is 0 Å². The van der Waals surface area contributed by atoms with Gasteiger partial charge in [0, 0.05) is 46.8 Å². The van der Waals surface area contributed by atoms with Gasteiger partial charge in [-0.05, 0) is 78.2 Å². The zero-order valence-electron chi connectivity index (χ0n) is 24.7. The Morgan fingerprint density at radius 2 is 1.36 bits per heavy atom. The molecule has 6 nitrogen and oxygen atoms in total. The van der Waals surface area contributed by atoms with Crippen molar-refractivity contribution in [3.63, 3.8) is 0 Å². The number of anilines is 1. The van der Waals surface area contributed by atoms with Gasteiger partial charge in [0.15, 0.2) is 6.10 Å². The van der Waals surface area contributed by atoms with E-state index in [9.17, 15) is 14.4 Å². The summed E-state index contributed by atoms with van der Waals surface area (Å²) in [6.45, 7) is 4.39. The summed E-state index contributed by atoms with van der Waals surface area (Å²) >= 11 is 11.7. The van der Waals surface area contributed by atoms with Crippen molar-refractivity contribution in [2.75, 3.05) is 11.2 Å². The number of ketones is 1. The smallest absolute Gasteiger partial charge is 0.306 e. The molecule has 0 heterocycles. The van der Waals surface area contributed by atoms with Gasteiger partial charge in [-0.3, -0.25) is 14.4 Å². The zero-order valence-corrected chi connectivity index (χ0v) is 26.2. The molecule has 4 aromatic carbocycles. The third-order valence-electron chi connectivity index (χ3n) is 7.30. The normalized spacial score (nSPS) is 11.8. The van der Waals surface area contributed by atoms with E-state index < -0.39 is 12.1 Å². The summed E-state index contributed by atoms with van der Waals surface area (Å²) in [4.78, 5) is 37.6. The van der Waals surface area contributed by atoms with E-state index in [1.54, 1.807) is 48.5 Å². The van der Waals surface area contributed by atoms with Crippen molar-refractivity contribution >= 4 is 46.5 Å². The van der Waals surface area contributed by atoms with E-state index in [-0.39, 0.29) is 48.7 Å². The Kier molecular flexibility index (Phi) is 11.6. The van der Waals surface area contributed by atoms with Crippen molar-refractivity contribution in [2.45, 2.75) is 51.0 Å². The molecule has 4 aromatic rings. The molecule has 228 valence electrons. The molecule has 0 saturated heterocycles. The Morgan fingerprint density at radius 3 is 1.98 bits per heavy atom. The minimum absolute atomic E-state index is 0.00575. The van der Waals surface area contributed by atoms with E-state index in [1.807, 2.05) is 30.3 Å². The summed E-state index contributed by atoms with van der Waals surface area (Å²) in [6.07, 6.45) is -0.425. The van der Waals surface area contributed by atoms with E-state index in [1.165, 1.54) is 11.1 Å². The second kappa shape index (κ2) is 15.6. The van der Waals surface area contributed by atoms with Crippen molar-refractivity contribution < 1.29 is 23.9 Å². The number of halogens is 2. The number of hydrogen-bond donors (Lipinski definition) is 1. The van der Waals surface area contributed by atoms with Gasteiger partial charge in [0.25, 0.3) is 0 Å². The molecule has 0 saturated carbocycles. The summed E-state index contributed by atoms with van der Waals surface area (Å²) in [5, 5.41) is 3.32. The lowest BCUT2D eigenvalue weighted by atomic mass is 9.78. The van der Waals surface area contributed by atoms with Crippen LogP contribution in [0.5, 0.6) is 11.5 Å². The Balaban J connectivity index is 1.22. The minimum Gasteiger partial charge on any atom is -0.457 e. The highest BCUT2D eigenvalue weighted by Gasteiger charge is 2.24. The van der Waals surface area contributed by atoms with Crippen molar-refractivity contribution in [3.8, 4) is 11.5 Å². The predicted molar refractivity (Wildman–Crippen MR) is 175 cm³/mol. The number of esters is 1. The minimum atomic E-state index is -0.991. The Bertz CT molecular complexity index is 1540. The third-order valence-corrected chi connectivity index (χ3v) is 7.77. The second-order valence-corrected chi connectivity index (χ2v) is 11.7. The summed E-state index contributed by atoms with van der Waals surface area (Å²) in [7, 11) is 0. The van der Waals surface area contributed by atoms with Crippen LogP contribution in [0, 0.1) is 0 Å². The third kappa shape index (κ3) is 9.18. The van der Waals surface area contributed by atoms with Gasteiger partial charge < -0.3 is 14.8 Å². The second-order valence-electron chi connectivity index (χ2n) is 10.9. The maximum absolute atomic E-state index is 12.7. The van der Waals surface area contributed by atoms with Crippen LogP contribution in [-0.4, -0.2) is 29.6 Å². The monoisotopic (exact) mass is 631 g/mol. The molecular weight excluding hydrogens is 597 g/mol. The number of benzene rings is 4. The molecule has 1 N–H and O–H groups in total. The van der Waals surface area contributed by atoms with E-state index in [2.05, 4.69) is 43.4 Å². The first kappa shape index (κ1) is 32.8. The number of rotatable bonds is 14. The van der Waals surface area contributed by atoms with Gasteiger partial charge in [0.1, 0.15) is 11.5 Å². The molecule has 0 aliphatic rings. The fraction of sp³-hybridized carbons (Fsp3) is 0.250. The number of carbonyl (C=O) groups excluding carboxylic acids is 3. The molecule has 44 heavy (non-hydrogen) atoms. The van der Waals surface area contributed by atoms with Crippen LogP contribution in [0.2, 0.25) is 5.02 Å². The number of ether oxygens (including phenoxy) is 2. The Labute approximate surface area is 268 Å². The predicted octanol–water partition coefficient (Wildman–Crippen LogP) is 8.99. The maximum atomic E-state index is 12.7. The molecule has 0 spiro atoms. The van der Waals surface area contributed by atoms with Gasteiger partial charge >= 0.3 is 5.97 Å². The standard InChI is InChI=1S/C36H35Cl2NO5/c1-36(2,26-7-4-3-5-8-26)27-13-19-30(20-14-27)43-31-21-17-29(18-22-31)39-33(40)9-6-10-34(41)44-32(23-24-37)35(42)25-11-15-28(38)16-12-25/h3-5,7-8,11-22,32H,6,9-10,23-24H2,1-2H3,(H,39,40). The lowest BCUT2D eigenvalue weighted by Gasteiger charge is -2.26. The van der Waals surface area contributed by atoms with Crippen LogP contribution in [0.25, 0.3) is 0 Å². The van der Waals surface area contributed by atoms with Crippen LogP contribution in [-0.2, 0) is 19.7 Å². The van der Waals surface area contributed by atoms with Crippen LogP contribution in [0.4, 0.5) is 5.69 Å². The molecule has 0 aliphatic heterocycles. The van der Waals surface area contributed by atoms with Crippen molar-refractivity contribution in [1.82, 2.24) is 0 Å². The molecule has 0 fully saturated rings. The SMILES string of the molecule is CC(C)(c1ccccc1)c1ccc(Oc2ccc(NC(=O)CCCC(=O)OC(CCCl)C(=O)c3ccc(Cl)cc3)cc2)cc1. The van der Waals surface area contributed by atoms with Crippen molar-refractivity contribution in [1.29, 1.82) is 0 Å². The molecule has 0 aliphatic carbocycles. The number of Topliss-reactive ketones (excluding diaryl/α,β-unsaturated/α-hetero) is 1. The molecule has 8 heteroatoms. The van der Waals surface area contributed by atoms with Crippen LogP contribution < -0.4 is 10.1 Å². The average Bonchev–Trinajstić information content (AvgIpc) is 3.02. The van der Waals surface area contributed by atoms with E-state index in [0.29, 0.717) is 27.8 Å². The quantitative estimate of drug-likeness (QED) is 0.0853. The number of hydrogen-bond acceptors (Lipinski definition) is 5.